The van der Waals surface area contributed by atoms with Crippen molar-refractivity contribution in [2.24, 2.45) is 0 Å². The predicted molar refractivity (Wildman–Crippen MR) is 42.8 cm³/mol. The number of halogens is 1. The third kappa shape index (κ3) is 1.72. The van der Waals surface area contributed by atoms with Gasteiger partial charge in [-0.25, -0.2) is 9.18 Å². The second-order valence-electron chi connectivity index (χ2n) is 2.32. The summed E-state index contributed by atoms with van der Waals surface area (Å²) in [5, 5.41) is 8.53. The van der Waals surface area contributed by atoms with Gasteiger partial charge in [-0.3, -0.25) is 4.90 Å². The van der Waals surface area contributed by atoms with E-state index in [2.05, 4.69) is 0 Å². The second-order valence-corrected chi connectivity index (χ2v) is 2.32. The number of nitrogens with zero attached hydrogens (tertiary/aromatic N) is 1. The molecule has 0 fully saturated rings. The highest BCUT2D eigenvalue weighted by Gasteiger charge is 2.07. The van der Waals surface area contributed by atoms with Crippen molar-refractivity contribution < 1.29 is 14.3 Å². The largest absolute Gasteiger partial charge is 0.465 e. The molecule has 0 aliphatic heterocycles. The molecule has 0 unspecified atom stereocenters. The van der Waals surface area contributed by atoms with Crippen LogP contribution in [0.2, 0.25) is 0 Å². The van der Waals surface area contributed by atoms with Crippen molar-refractivity contribution in [1.82, 2.24) is 0 Å². The molecule has 1 N–H and O–H groups in total. The van der Waals surface area contributed by atoms with Crippen LogP contribution < -0.4 is 4.90 Å². The molecular weight excluding hydrogens is 161 g/mol. The van der Waals surface area contributed by atoms with E-state index in [0.29, 0.717) is 5.69 Å². The Kier molecular flexibility index (Phi) is 2.28. The summed E-state index contributed by atoms with van der Waals surface area (Å²) in [6.45, 7) is 0. The molecule has 0 aliphatic carbocycles. The maximum absolute atomic E-state index is 12.6. The first kappa shape index (κ1) is 8.52. The Bertz CT molecular complexity index is 301. The van der Waals surface area contributed by atoms with Gasteiger partial charge in [0, 0.05) is 12.7 Å². The average Bonchev–Trinajstić information content (AvgIpc) is 2.03. The van der Waals surface area contributed by atoms with Crippen LogP contribution in [0, 0.1) is 5.82 Å². The van der Waals surface area contributed by atoms with E-state index in [1.165, 1.54) is 25.2 Å². The van der Waals surface area contributed by atoms with Crippen molar-refractivity contribution in [3.63, 3.8) is 0 Å². The van der Waals surface area contributed by atoms with Gasteiger partial charge < -0.3 is 5.11 Å². The van der Waals surface area contributed by atoms with Crippen molar-refractivity contribution in [2.45, 2.75) is 0 Å². The minimum absolute atomic E-state index is 0.322. The number of amides is 1. The summed E-state index contributed by atoms with van der Waals surface area (Å²) >= 11 is 0. The summed E-state index contributed by atoms with van der Waals surface area (Å²) in [4.78, 5) is 11.4. The maximum Gasteiger partial charge on any atom is 0.411 e. The highest BCUT2D eigenvalue weighted by Crippen LogP contribution is 2.13. The van der Waals surface area contributed by atoms with Crippen molar-refractivity contribution in [3.05, 3.63) is 30.1 Å². The van der Waals surface area contributed by atoms with Crippen molar-refractivity contribution in [1.29, 1.82) is 0 Å². The molecule has 0 aliphatic rings. The van der Waals surface area contributed by atoms with Crippen molar-refractivity contribution in [3.8, 4) is 0 Å². The number of hydrogen-bond donors (Lipinski definition) is 1. The predicted octanol–water partition coefficient (Wildman–Crippen LogP) is 1.94. The number of benzene rings is 1. The first-order chi connectivity index (χ1) is 5.61. The van der Waals surface area contributed by atoms with Gasteiger partial charge in [0.05, 0.1) is 0 Å². The van der Waals surface area contributed by atoms with Crippen LogP contribution in [0.3, 0.4) is 0 Å². The van der Waals surface area contributed by atoms with Gasteiger partial charge in [0.2, 0.25) is 0 Å². The van der Waals surface area contributed by atoms with E-state index in [1.807, 2.05) is 0 Å². The molecule has 0 saturated carbocycles. The summed E-state index contributed by atoms with van der Waals surface area (Å²) in [6.07, 6.45) is -1.11. The quantitative estimate of drug-likeness (QED) is 0.697. The zero-order valence-corrected chi connectivity index (χ0v) is 6.49. The Labute approximate surface area is 69.0 Å². The van der Waals surface area contributed by atoms with Crippen LogP contribution in [0.4, 0.5) is 14.9 Å². The SMILES string of the molecule is CN(C(=O)O)c1cccc(F)c1. The first-order valence-corrected chi connectivity index (χ1v) is 3.33. The molecule has 0 atom stereocenters. The number of hydrogen-bond acceptors (Lipinski definition) is 1. The lowest BCUT2D eigenvalue weighted by Gasteiger charge is -2.12. The van der Waals surface area contributed by atoms with Gasteiger partial charge in [0.15, 0.2) is 0 Å². The van der Waals surface area contributed by atoms with Gasteiger partial charge in [-0.2, -0.15) is 0 Å². The van der Waals surface area contributed by atoms with E-state index >= 15 is 0 Å². The Hall–Kier alpha value is -1.58. The average molecular weight is 169 g/mol. The van der Waals surface area contributed by atoms with Crippen LogP contribution in [-0.4, -0.2) is 18.2 Å². The topological polar surface area (TPSA) is 40.5 Å². The summed E-state index contributed by atoms with van der Waals surface area (Å²) in [6, 6.07) is 5.41. The van der Waals surface area contributed by atoms with E-state index in [1.54, 1.807) is 0 Å². The molecule has 0 aromatic heterocycles. The Morgan fingerprint density at radius 3 is 2.75 bits per heavy atom. The first-order valence-electron chi connectivity index (χ1n) is 3.33. The van der Waals surface area contributed by atoms with Crippen LogP contribution in [0.5, 0.6) is 0 Å². The smallest absolute Gasteiger partial charge is 0.411 e. The van der Waals surface area contributed by atoms with E-state index in [0.717, 1.165) is 11.0 Å². The molecule has 4 heteroatoms. The lowest BCUT2D eigenvalue weighted by atomic mass is 10.3. The molecule has 12 heavy (non-hydrogen) atoms. The van der Waals surface area contributed by atoms with E-state index in [9.17, 15) is 9.18 Å². The van der Waals surface area contributed by atoms with Crippen LogP contribution in [0.1, 0.15) is 0 Å². The number of rotatable bonds is 1. The fraction of sp³-hybridized carbons (Fsp3) is 0.125. The zero-order chi connectivity index (χ0) is 9.14. The van der Waals surface area contributed by atoms with Crippen LogP contribution >= 0.6 is 0 Å². The minimum atomic E-state index is -1.11. The molecule has 1 aromatic rings. The monoisotopic (exact) mass is 169 g/mol. The maximum atomic E-state index is 12.6. The van der Waals surface area contributed by atoms with Gasteiger partial charge >= 0.3 is 6.09 Å². The lowest BCUT2D eigenvalue weighted by molar-refractivity contribution is 0.203. The summed E-state index contributed by atoms with van der Waals surface area (Å²) in [5.41, 5.74) is 0.322. The highest BCUT2D eigenvalue weighted by atomic mass is 19.1. The van der Waals surface area contributed by atoms with Gasteiger partial charge in [0.25, 0.3) is 0 Å². The van der Waals surface area contributed by atoms with Gasteiger partial charge in [0.1, 0.15) is 5.82 Å². The Morgan fingerprint density at radius 1 is 1.58 bits per heavy atom. The molecule has 0 bridgehead atoms. The summed E-state index contributed by atoms with van der Waals surface area (Å²) < 4.78 is 12.6. The van der Waals surface area contributed by atoms with Gasteiger partial charge in [-0.1, -0.05) is 6.07 Å². The minimum Gasteiger partial charge on any atom is -0.465 e. The molecular formula is C8H8FNO2. The number of carbonyl (C=O) groups is 1. The normalized spacial score (nSPS) is 9.50. The Morgan fingerprint density at radius 2 is 2.25 bits per heavy atom. The fourth-order valence-corrected chi connectivity index (χ4v) is 0.795. The molecule has 0 heterocycles. The molecule has 0 saturated heterocycles. The zero-order valence-electron chi connectivity index (χ0n) is 6.49. The molecule has 1 amide bonds. The molecule has 3 nitrogen and oxygen atoms in total. The molecule has 1 aromatic carbocycles. The Balaban J connectivity index is 2.95. The number of carboxylic acid groups (broad SMARTS) is 1. The van der Waals surface area contributed by atoms with E-state index in [4.69, 9.17) is 5.11 Å². The van der Waals surface area contributed by atoms with Gasteiger partial charge in [-0.15, -0.1) is 0 Å². The molecule has 1 rings (SSSR count). The fourth-order valence-electron chi connectivity index (χ4n) is 0.795. The highest BCUT2D eigenvalue weighted by molar-refractivity contribution is 5.85. The lowest BCUT2D eigenvalue weighted by Crippen LogP contribution is -2.23. The van der Waals surface area contributed by atoms with Crippen LogP contribution in [0.15, 0.2) is 24.3 Å². The third-order valence-corrected chi connectivity index (χ3v) is 1.48. The molecule has 0 radical (unpaired) electrons. The van der Waals surface area contributed by atoms with E-state index in [-0.39, 0.29) is 0 Å². The third-order valence-electron chi connectivity index (χ3n) is 1.48. The van der Waals surface area contributed by atoms with Crippen LogP contribution in [-0.2, 0) is 0 Å². The van der Waals surface area contributed by atoms with E-state index < -0.39 is 11.9 Å². The van der Waals surface area contributed by atoms with Crippen molar-refractivity contribution in [2.75, 3.05) is 11.9 Å². The van der Waals surface area contributed by atoms with Crippen LogP contribution in [0.25, 0.3) is 0 Å². The molecule has 64 valence electrons. The number of anilines is 1. The molecule has 0 spiro atoms. The summed E-state index contributed by atoms with van der Waals surface area (Å²) in [5.74, 6) is -0.444. The second kappa shape index (κ2) is 3.21. The summed E-state index contributed by atoms with van der Waals surface area (Å²) in [7, 11) is 1.36. The van der Waals surface area contributed by atoms with Crippen molar-refractivity contribution >= 4 is 11.8 Å². The standard InChI is InChI=1S/C8H8FNO2/c1-10(8(11)12)7-4-2-3-6(9)5-7/h2-5H,1H3,(H,11,12). The van der Waals surface area contributed by atoms with Gasteiger partial charge in [-0.05, 0) is 18.2 Å².